The fourth-order valence-electron chi connectivity index (χ4n) is 3.68. The van der Waals surface area contributed by atoms with Crippen LogP contribution in [-0.4, -0.2) is 40.2 Å². The molecule has 0 bridgehead atoms. The molecule has 0 saturated heterocycles. The zero-order valence-corrected chi connectivity index (χ0v) is 16.4. The molecule has 8 nitrogen and oxygen atoms in total. The van der Waals surface area contributed by atoms with Crippen molar-refractivity contribution in [1.29, 1.82) is 0 Å². The molecule has 0 spiro atoms. The van der Waals surface area contributed by atoms with Crippen LogP contribution in [0.3, 0.4) is 0 Å². The summed E-state index contributed by atoms with van der Waals surface area (Å²) in [5.41, 5.74) is 6.28. The van der Waals surface area contributed by atoms with Crippen LogP contribution in [-0.2, 0) is 0 Å². The molecule has 3 N–H and O–H groups in total. The van der Waals surface area contributed by atoms with E-state index in [-0.39, 0.29) is 11.6 Å². The molecule has 0 radical (unpaired) electrons. The second-order valence-electron chi connectivity index (χ2n) is 7.27. The molecule has 0 saturated carbocycles. The van der Waals surface area contributed by atoms with E-state index >= 15 is 0 Å². The molecule has 9 heteroatoms. The molecule has 0 fully saturated rings. The Kier molecular flexibility index (Phi) is 3.94. The van der Waals surface area contributed by atoms with Crippen LogP contribution in [0.1, 0.15) is 0 Å². The molecule has 0 atom stereocenters. The predicted molar refractivity (Wildman–Crippen MR) is 117 cm³/mol. The van der Waals surface area contributed by atoms with Gasteiger partial charge in [0.1, 0.15) is 17.1 Å². The van der Waals surface area contributed by atoms with Gasteiger partial charge in [-0.25, -0.2) is 14.4 Å². The number of pyridine rings is 3. The SMILES string of the molecule is Oc1cncc(-c2ccc3[nH]nc(-c4nc5c(-c6ccc(F)cc6)cncc5[nH]4)c3n2)c1. The molecule has 0 aliphatic rings. The van der Waals surface area contributed by atoms with Gasteiger partial charge in [0.2, 0.25) is 0 Å². The Bertz CT molecular complexity index is 1600. The Morgan fingerprint density at radius 3 is 2.47 bits per heavy atom. The summed E-state index contributed by atoms with van der Waals surface area (Å²) in [6.07, 6.45) is 6.39. The number of aromatic nitrogens is 7. The molecule has 6 aromatic rings. The van der Waals surface area contributed by atoms with Crippen LogP contribution in [0.4, 0.5) is 4.39 Å². The van der Waals surface area contributed by atoms with Crippen LogP contribution in [0.15, 0.2) is 67.3 Å². The molecule has 0 aliphatic carbocycles. The van der Waals surface area contributed by atoms with E-state index in [4.69, 9.17) is 9.97 Å². The van der Waals surface area contributed by atoms with Crippen molar-refractivity contribution in [3.8, 4) is 39.7 Å². The van der Waals surface area contributed by atoms with Gasteiger partial charge in [0, 0.05) is 23.5 Å². The third kappa shape index (κ3) is 2.95. The van der Waals surface area contributed by atoms with Crippen molar-refractivity contribution in [3.63, 3.8) is 0 Å². The van der Waals surface area contributed by atoms with Crippen molar-refractivity contribution in [2.75, 3.05) is 0 Å². The minimum atomic E-state index is -0.302. The normalized spacial score (nSPS) is 11.4. The van der Waals surface area contributed by atoms with Gasteiger partial charge >= 0.3 is 0 Å². The van der Waals surface area contributed by atoms with Crippen LogP contribution in [0.5, 0.6) is 5.75 Å². The van der Waals surface area contributed by atoms with Gasteiger partial charge in [0.15, 0.2) is 11.5 Å². The molecule has 1 aromatic carbocycles. The van der Waals surface area contributed by atoms with Crippen LogP contribution in [0.25, 0.3) is 56.0 Å². The predicted octanol–water partition coefficient (Wildman–Crippen LogP) is 4.47. The third-order valence-electron chi connectivity index (χ3n) is 5.20. The fraction of sp³-hybridized carbons (Fsp3) is 0. The maximum absolute atomic E-state index is 13.4. The molecule has 6 rings (SSSR count). The lowest BCUT2D eigenvalue weighted by atomic mass is 10.1. The largest absolute Gasteiger partial charge is 0.506 e. The van der Waals surface area contributed by atoms with Crippen molar-refractivity contribution in [3.05, 3.63) is 73.1 Å². The number of hydrogen-bond acceptors (Lipinski definition) is 6. The van der Waals surface area contributed by atoms with E-state index in [0.717, 1.165) is 22.2 Å². The van der Waals surface area contributed by atoms with Crippen LogP contribution >= 0.6 is 0 Å². The summed E-state index contributed by atoms with van der Waals surface area (Å²) in [6.45, 7) is 0. The Hall–Kier alpha value is -4.66. The van der Waals surface area contributed by atoms with Crippen molar-refractivity contribution in [2.24, 2.45) is 0 Å². The zero-order valence-electron chi connectivity index (χ0n) is 16.4. The first-order chi connectivity index (χ1) is 15.7. The highest BCUT2D eigenvalue weighted by atomic mass is 19.1. The maximum atomic E-state index is 13.4. The highest BCUT2D eigenvalue weighted by Gasteiger charge is 2.17. The van der Waals surface area contributed by atoms with Crippen LogP contribution in [0, 0.1) is 5.82 Å². The number of H-pyrrole nitrogens is 2. The lowest BCUT2D eigenvalue weighted by Gasteiger charge is -2.02. The minimum Gasteiger partial charge on any atom is -0.506 e. The van der Waals surface area contributed by atoms with E-state index in [9.17, 15) is 9.50 Å². The van der Waals surface area contributed by atoms with E-state index in [1.807, 2.05) is 12.1 Å². The summed E-state index contributed by atoms with van der Waals surface area (Å²) < 4.78 is 13.4. The van der Waals surface area contributed by atoms with E-state index < -0.39 is 0 Å². The molecule has 154 valence electrons. The summed E-state index contributed by atoms with van der Waals surface area (Å²) >= 11 is 0. The third-order valence-corrected chi connectivity index (χ3v) is 5.20. The smallest absolute Gasteiger partial charge is 0.161 e. The van der Waals surface area contributed by atoms with Gasteiger partial charge in [0.05, 0.1) is 34.6 Å². The van der Waals surface area contributed by atoms with Gasteiger partial charge in [0.25, 0.3) is 0 Å². The minimum absolute atomic E-state index is 0.0647. The number of aromatic hydroxyl groups is 1. The first kappa shape index (κ1) is 18.1. The van der Waals surface area contributed by atoms with Crippen LogP contribution in [0.2, 0.25) is 0 Å². The molecule has 5 heterocycles. The van der Waals surface area contributed by atoms with Gasteiger partial charge < -0.3 is 10.1 Å². The monoisotopic (exact) mass is 423 g/mol. The number of rotatable bonds is 3. The molecular weight excluding hydrogens is 409 g/mol. The standard InChI is InChI=1S/C23H14FN7O/c24-14-3-1-12(2-4-14)16-10-26-11-19-20(16)29-23(28-19)22-21-18(30-31-22)6-5-17(27-21)13-7-15(32)9-25-8-13/h1-11,32H,(H,28,29)(H,30,31). The number of nitrogens with zero attached hydrogens (tertiary/aromatic N) is 5. The number of halogens is 1. The fourth-order valence-corrected chi connectivity index (χ4v) is 3.68. The Morgan fingerprint density at radius 1 is 0.781 bits per heavy atom. The van der Waals surface area contributed by atoms with Gasteiger partial charge in [-0.15, -0.1) is 0 Å². The van der Waals surface area contributed by atoms with E-state index in [0.29, 0.717) is 33.8 Å². The van der Waals surface area contributed by atoms with Gasteiger partial charge in [-0.3, -0.25) is 15.1 Å². The second kappa shape index (κ2) is 6.95. The second-order valence-corrected chi connectivity index (χ2v) is 7.27. The van der Waals surface area contributed by atoms with E-state index in [1.165, 1.54) is 18.3 Å². The summed E-state index contributed by atoms with van der Waals surface area (Å²) in [5.74, 6) is 0.291. The quantitative estimate of drug-likeness (QED) is 0.387. The van der Waals surface area contributed by atoms with Crippen molar-refractivity contribution < 1.29 is 9.50 Å². The highest BCUT2D eigenvalue weighted by Crippen LogP contribution is 2.31. The summed E-state index contributed by atoms with van der Waals surface area (Å²) in [6, 6.07) is 11.5. The molecule has 0 unspecified atom stereocenters. The number of aromatic amines is 2. The molecule has 5 aromatic heterocycles. The maximum Gasteiger partial charge on any atom is 0.161 e. The number of imidazole rings is 1. The topological polar surface area (TPSA) is 116 Å². The highest BCUT2D eigenvalue weighted by molar-refractivity contribution is 5.95. The average molecular weight is 423 g/mol. The first-order valence-corrected chi connectivity index (χ1v) is 9.75. The first-order valence-electron chi connectivity index (χ1n) is 9.75. The average Bonchev–Trinajstić information content (AvgIpc) is 3.43. The Morgan fingerprint density at radius 2 is 1.62 bits per heavy atom. The Labute approximate surface area is 179 Å². The lowest BCUT2D eigenvalue weighted by molar-refractivity contribution is 0.473. The molecular formula is C23H14FN7O. The van der Waals surface area contributed by atoms with Crippen LogP contribution < -0.4 is 0 Å². The molecule has 0 aliphatic heterocycles. The number of benzene rings is 1. The van der Waals surface area contributed by atoms with E-state index in [2.05, 4.69) is 25.1 Å². The summed E-state index contributed by atoms with van der Waals surface area (Å²) in [5, 5.41) is 17.1. The van der Waals surface area contributed by atoms with Crippen molar-refractivity contribution >= 4 is 22.1 Å². The van der Waals surface area contributed by atoms with Crippen molar-refractivity contribution in [2.45, 2.75) is 0 Å². The lowest BCUT2D eigenvalue weighted by Crippen LogP contribution is -1.87. The van der Waals surface area contributed by atoms with Gasteiger partial charge in [-0.1, -0.05) is 12.1 Å². The van der Waals surface area contributed by atoms with Gasteiger partial charge in [-0.2, -0.15) is 5.10 Å². The number of hydrogen-bond donors (Lipinski definition) is 3. The Balaban J connectivity index is 1.50. The molecule has 0 amide bonds. The van der Waals surface area contributed by atoms with E-state index in [1.54, 1.807) is 36.8 Å². The van der Waals surface area contributed by atoms with Gasteiger partial charge in [-0.05, 0) is 35.9 Å². The van der Waals surface area contributed by atoms with Crippen molar-refractivity contribution in [1.82, 2.24) is 35.1 Å². The number of nitrogens with one attached hydrogen (secondary N) is 2. The summed E-state index contributed by atoms with van der Waals surface area (Å²) in [7, 11) is 0. The number of fused-ring (bicyclic) bond motifs is 2. The summed E-state index contributed by atoms with van der Waals surface area (Å²) in [4.78, 5) is 21.0. The molecule has 32 heavy (non-hydrogen) atoms. The zero-order chi connectivity index (χ0) is 21.7.